The molecule has 0 aliphatic carbocycles. The molecule has 5 nitrogen and oxygen atoms in total. The molecular formula is C23H37NO4. The van der Waals surface area contributed by atoms with E-state index in [0.29, 0.717) is 25.0 Å². The Morgan fingerprint density at radius 1 is 1.11 bits per heavy atom. The number of benzene rings is 1. The molecule has 0 radical (unpaired) electrons. The first-order valence-electron chi connectivity index (χ1n) is 10.2. The molecule has 0 saturated carbocycles. The second-order valence-electron chi connectivity index (χ2n) is 8.19. The Kier molecular flexibility index (Phi) is 10.1. The van der Waals surface area contributed by atoms with Crippen LogP contribution in [0.4, 0.5) is 4.79 Å². The van der Waals surface area contributed by atoms with Crippen molar-refractivity contribution in [2.45, 2.75) is 84.0 Å². The largest absolute Gasteiger partial charge is 0.491 e. The van der Waals surface area contributed by atoms with Crippen molar-refractivity contribution in [2.24, 2.45) is 0 Å². The van der Waals surface area contributed by atoms with E-state index < -0.39 is 17.2 Å². The maximum atomic E-state index is 12.6. The summed E-state index contributed by atoms with van der Waals surface area (Å²) in [6, 6.07) is 9.56. The zero-order valence-corrected chi connectivity index (χ0v) is 17.9. The Bertz CT molecular complexity index is 594. The molecule has 1 aromatic carbocycles. The van der Waals surface area contributed by atoms with Crippen LogP contribution >= 0.6 is 0 Å². The van der Waals surface area contributed by atoms with Crippen LogP contribution in [0.3, 0.4) is 0 Å². The topological polar surface area (TPSA) is 67.8 Å². The van der Waals surface area contributed by atoms with Crippen molar-refractivity contribution in [2.75, 3.05) is 6.61 Å². The van der Waals surface area contributed by atoms with Crippen LogP contribution in [0.2, 0.25) is 0 Å². The van der Waals surface area contributed by atoms with Gasteiger partial charge < -0.3 is 19.9 Å². The van der Waals surface area contributed by atoms with Crippen LogP contribution in [0.5, 0.6) is 0 Å². The minimum absolute atomic E-state index is 0.0407. The van der Waals surface area contributed by atoms with E-state index in [0.717, 1.165) is 24.8 Å². The van der Waals surface area contributed by atoms with E-state index in [2.05, 4.69) is 18.8 Å². The van der Waals surface area contributed by atoms with Gasteiger partial charge in [0.05, 0.1) is 0 Å². The Labute approximate surface area is 170 Å². The van der Waals surface area contributed by atoms with Crippen molar-refractivity contribution in [3.63, 3.8) is 0 Å². The molecule has 0 aliphatic rings. The summed E-state index contributed by atoms with van der Waals surface area (Å²) in [5.41, 5.74) is -0.268. The number of hydrogen-bond acceptors (Lipinski definition) is 4. The maximum absolute atomic E-state index is 12.6. The fourth-order valence-corrected chi connectivity index (χ4v) is 3.08. The molecule has 0 aromatic heterocycles. The fourth-order valence-electron chi connectivity index (χ4n) is 3.08. The lowest BCUT2D eigenvalue weighted by molar-refractivity contribution is 0.0152. The number of ether oxygens (including phenoxy) is 2. The first-order valence-corrected chi connectivity index (χ1v) is 10.2. The van der Waals surface area contributed by atoms with Gasteiger partial charge in [0, 0.05) is 6.61 Å². The third kappa shape index (κ3) is 8.79. The zero-order valence-electron chi connectivity index (χ0n) is 17.9. The number of aliphatic hydroxyl groups excluding tert-OH is 1. The molecule has 0 spiro atoms. The van der Waals surface area contributed by atoms with E-state index in [9.17, 15) is 9.90 Å². The van der Waals surface area contributed by atoms with E-state index in [1.54, 1.807) is 0 Å². The average molecular weight is 392 g/mol. The Morgan fingerprint density at radius 3 is 2.32 bits per heavy atom. The van der Waals surface area contributed by atoms with E-state index >= 15 is 0 Å². The number of nitrogens with one attached hydrogen (secondary N) is 1. The molecule has 1 amide bonds. The van der Waals surface area contributed by atoms with Crippen molar-refractivity contribution >= 4 is 6.09 Å². The van der Waals surface area contributed by atoms with Gasteiger partial charge in [-0.3, -0.25) is 0 Å². The van der Waals surface area contributed by atoms with Gasteiger partial charge in [0.2, 0.25) is 0 Å². The number of alkyl carbamates (subject to hydrolysis) is 1. The molecule has 1 aromatic rings. The molecule has 5 heteroatoms. The third-order valence-corrected chi connectivity index (χ3v) is 4.49. The van der Waals surface area contributed by atoms with Crippen LogP contribution in [0.25, 0.3) is 0 Å². The summed E-state index contributed by atoms with van der Waals surface area (Å²) in [5, 5.41) is 12.4. The van der Waals surface area contributed by atoms with E-state index in [4.69, 9.17) is 9.47 Å². The van der Waals surface area contributed by atoms with Gasteiger partial charge in [0.15, 0.2) is 0 Å². The summed E-state index contributed by atoms with van der Waals surface area (Å²) in [5.74, 6) is 0.515. The minimum atomic E-state index is -0.765. The molecule has 0 aliphatic heterocycles. The van der Waals surface area contributed by atoms with Crippen LogP contribution in [-0.4, -0.2) is 28.9 Å². The monoisotopic (exact) mass is 391 g/mol. The van der Waals surface area contributed by atoms with Crippen LogP contribution in [-0.2, 0) is 16.1 Å². The number of unbranched alkanes of at least 4 members (excludes halogenated alkanes) is 2. The molecule has 0 heterocycles. The summed E-state index contributed by atoms with van der Waals surface area (Å²) in [6.45, 7) is 12.4. The van der Waals surface area contributed by atoms with Crippen molar-refractivity contribution in [3.8, 4) is 0 Å². The Morgan fingerprint density at radius 2 is 1.75 bits per heavy atom. The number of amides is 1. The van der Waals surface area contributed by atoms with Crippen LogP contribution in [0, 0.1) is 0 Å². The third-order valence-electron chi connectivity index (χ3n) is 4.49. The summed E-state index contributed by atoms with van der Waals surface area (Å²) in [4.78, 5) is 12.6. The summed E-state index contributed by atoms with van der Waals surface area (Å²) in [7, 11) is 0. The van der Waals surface area contributed by atoms with Crippen molar-refractivity contribution < 1.29 is 19.4 Å². The Hall–Kier alpha value is -2.01. The molecule has 28 heavy (non-hydrogen) atoms. The molecule has 0 saturated heterocycles. The number of carbonyl (C=O) groups is 1. The summed E-state index contributed by atoms with van der Waals surface area (Å²) >= 11 is 0. The highest BCUT2D eigenvalue weighted by Crippen LogP contribution is 2.32. The molecule has 1 rings (SSSR count). The maximum Gasteiger partial charge on any atom is 0.408 e. The molecule has 158 valence electrons. The van der Waals surface area contributed by atoms with Gasteiger partial charge in [-0.15, -0.1) is 0 Å². The zero-order chi connectivity index (χ0) is 21.0. The lowest BCUT2D eigenvalue weighted by Crippen LogP contribution is -2.51. The van der Waals surface area contributed by atoms with Gasteiger partial charge in [-0.05, 0) is 45.6 Å². The molecule has 1 atom stereocenters. The highest BCUT2D eigenvalue weighted by atomic mass is 16.5. The average Bonchev–Trinajstić information content (AvgIpc) is 2.64. The van der Waals surface area contributed by atoms with Gasteiger partial charge in [-0.25, -0.2) is 4.79 Å². The van der Waals surface area contributed by atoms with E-state index in [-0.39, 0.29) is 13.2 Å². The smallest absolute Gasteiger partial charge is 0.408 e. The minimum Gasteiger partial charge on any atom is -0.491 e. The van der Waals surface area contributed by atoms with Crippen molar-refractivity contribution in [1.29, 1.82) is 0 Å². The van der Waals surface area contributed by atoms with Crippen molar-refractivity contribution in [1.82, 2.24) is 5.32 Å². The van der Waals surface area contributed by atoms with Gasteiger partial charge >= 0.3 is 6.09 Å². The number of aliphatic hydroxyl groups is 1. The fraction of sp³-hybridized carbons (Fsp3) is 0.609. The molecule has 2 N–H and O–H groups in total. The van der Waals surface area contributed by atoms with Gasteiger partial charge in [0.1, 0.15) is 23.5 Å². The lowest BCUT2D eigenvalue weighted by atomic mass is 9.85. The van der Waals surface area contributed by atoms with Gasteiger partial charge in [-0.1, -0.05) is 63.1 Å². The molecule has 0 fully saturated rings. The standard InChI is InChI=1S/C23H37NO4/c1-6-7-11-15-23(16-12-17-25,19(2)28-22(3,4)5)24-21(26)27-18-20-13-9-8-10-14-20/h8-10,13-14,25H,2,6-7,11-12,15-18H2,1,3-5H3,(H,24,26). The van der Waals surface area contributed by atoms with Gasteiger partial charge in [0.25, 0.3) is 0 Å². The lowest BCUT2D eigenvalue weighted by Gasteiger charge is -2.39. The van der Waals surface area contributed by atoms with E-state index in [1.165, 1.54) is 0 Å². The van der Waals surface area contributed by atoms with E-state index in [1.807, 2.05) is 51.1 Å². The van der Waals surface area contributed by atoms with Gasteiger partial charge in [-0.2, -0.15) is 0 Å². The predicted molar refractivity (Wildman–Crippen MR) is 113 cm³/mol. The van der Waals surface area contributed by atoms with Crippen molar-refractivity contribution in [3.05, 3.63) is 48.2 Å². The van der Waals surface area contributed by atoms with Crippen LogP contribution in [0.1, 0.15) is 71.8 Å². The quantitative estimate of drug-likeness (QED) is 0.373. The number of carbonyl (C=O) groups excluding carboxylic acids is 1. The van der Waals surface area contributed by atoms with Crippen LogP contribution < -0.4 is 5.32 Å². The molecule has 1 unspecified atom stereocenters. The van der Waals surface area contributed by atoms with Crippen LogP contribution in [0.15, 0.2) is 42.7 Å². The highest BCUT2D eigenvalue weighted by molar-refractivity contribution is 5.69. The highest BCUT2D eigenvalue weighted by Gasteiger charge is 2.38. The first-order chi connectivity index (χ1) is 13.2. The SMILES string of the molecule is C=C(OC(C)(C)C)C(CCCO)(CCCCC)NC(=O)OCc1ccccc1. The molecular weight excluding hydrogens is 354 g/mol. The first kappa shape index (κ1) is 24.0. The summed E-state index contributed by atoms with van der Waals surface area (Å²) in [6.07, 6.45) is 4.31. The second-order valence-corrected chi connectivity index (χ2v) is 8.19. The second kappa shape index (κ2) is 11.7. The number of hydrogen-bond donors (Lipinski definition) is 2. The summed E-state index contributed by atoms with van der Waals surface area (Å²) < 4.78 is 11.5. The number of rotatable bonds is 12. The Balaban J connectivity index is 2.93. The molecule has 0 bridgehead atoms. The predicted octanol–water partition coefficient (Wildman–Crippen LogP) is 5.33. The normalized spacial score (nSPS) is 13.5.